The number of hydrogen-bond donors (Lipinski definition) is 2. The number of pyridine rings is 1. The van der Waals surface area contributed by atoms with Gasteiger partial charge in [0.15, 0.2) is 0 Å². The van der Waals surface area contributed by atoms with Crippen LogP contribution in [0, 0.1) is 5.92 Å². The summed E-state index contributed by atoms with van der Waals surface area (Å²) in [5, 5.41) is 6.58. The van der Waals surface area contributed by atoms with E-state index in [1.165, 1.54) is 16.3 Å². The minimum absolute atomic E-state index is 0.0363. The molecule has 0 radical (unpaired) electrons. The van der Waals surface area contributed by atoms with Gasteiger partial charge in [0.2, 0.25) is 0 Å². The number of hydrogen-bond acceptors (Lipinski definition) is 6. The summed E-state index contributed by atoms with van der Waals surface area (Å²) >= 11 is 7.43. The van der Waals surface area contributed by atoms with E-state index in [1.807, 2.05) is 19.1 Å². The lowest BCUT2D eigenvalue weighted by Crippen LogP contribution is -2.41. The van der Waals surface area contributed by atoms with Crippen LogP contribution in [-0.2, 0) is 16.0 Å². The van der Waals surface area contributed by atoms with Crippen molar-refractivity contribution in [3.05, 3.63) is 62.5 Å². The smallest absolute Gasteiger partial charge is 0.408 e. The molecule has 0 saturated carbocycles. The molecular formula is C27H34ClN3O5S. The Kier molecular flexibility index (Phi) is 8.56. The van der Waals surface area contributed by atoms with E-state index in [-0.39, 0.29) is 24.1 Å². The molecule has 2 aliphatic rings. The number of thioether (sulfide) groups is 1. The number of halogens is 1. The Bertz CT molecular complexity index is 1200. The van der Waals surface area contributed by atoms with Crippen molar-refractivity contribution in [2.75, 3.05) is 19.0 Å². The first-order valence-corrected chi connectivity index (χ1v) is 13.9. The van der Waals surface area contributed by atoms with E-state index >= 15 is 0 Å². The molecule has 1 unspecified atom stereocenters. The maximum atomic E-state index is 13.6. The van der Waals surface area contributed by atoms with Crippen LogP contribution in [0.1, 0.15) is 68.1 Å². The molecule has 8 nitrogen and oxygen atoms in total. The third-order valence-electron chi connectivity index (χ3n) is 6.54. The topological polar surface area (TPSA) is 98.7 Å². The highest BCUT2D eigenvalue weighted by Crippen LogP contribution is 2.39. The van der Waals surface area contributed by atoms with Crippen molar-refractivity contribution < 1.29 is 19.1 Å². The second-order valence-electron chi connectivity index (χ2n) is 10.6. The van der Waals surface area contributed by atoms with Gasteiger partial charge in [-0.25, -0.2) is 4.79 Å². The molecule has 2 N–H and O–H groups in total. The number of nitrogens with zero attached hydrogens (tertiary/aromatic N) is 1. The monoisotopic (exact) mass is 547 g/mol. The van der Waals surface area contributed by atoms with Crippen LogP contribution >= 0.6 is 23.4 Å². The van der Waals surface area contributed by atoms with Crippen molar-refractivity contribution in [3.8, 4) is 0 Å². The number of ether oxygens (including phenoxy) is 2. The predicted octanol–water partition coefficient (Wildman–Crippen LogP) is 4.77. The van der Waals surface area contributed by atoms with E-state index in [9.17, 15) is 14.4 Å². The zero-order chi connectivity index (χ0) is 26.7. The Hall–Kier alpha value is -2.49. The molecule has 10 heteroatoms. The molecule has 2 aliphatic heterocycles. The lowest BCUT2D eigenvalue weighted by molar-refractivity contribution is 0.0508. The number of aromatic nitrogens is 1. The highest BCUT2D eigenvalue weighted by Gasteiger charge is 2.34. The Labute approximate surface area is 226 Å². The fourth-order valence-corrected chi connectivity index (χ4v) is 6.03. The molecule has 0 spiro atoms. The van der Waals surface area contributed by atoms with Gasteiger partial charge in [0, 0.05) is 41.1 Å². The van der Waals surface area contributed by atoms with Gasteiger partial charge < -0.3 is 24.7 Å². The predicted molar refractivity (Wildman–Crippen MR) is 145 cm³/mol. The van der Waals surface area contributed by atoms with Crippen LogP contribution in [0.5, 0.6) is 0 Å². The quantitative estimate of drug-likeness (QED) is 0.541. The number of carbonyl (C=O) groups excluding carboxylic acids is 2. The van der Waals surface area contributed by atoms with E-state index in [1.54, 1.807) is 39.1 Å². The van der Waals surface area contributed by atoms with Gasteiger partial charge in [0.25, 0.3) is 11.5 Å². The number of nitrogens with one attached hydrogen (secondary N) is 2. The second-order valence-corrected chi connectivity index (χ2v) is 12.0. The molecule has 3 heterocycles. The first kappa shape index (κ1) is 27.5. The van der Waals surface area contributed by atoms with Crippen LogP contribution in [0.15, 0.2) is 40.2 Å². The van der Waals surface area contributed by atoms with Crippen molar-refractivity contribution in [1.82, 2.24) is 15.2 Å². The van der Waals surface area contributed by atoms with Crippen LogP contribution in [-0.4, -0.2) is 47.2 Å². The lowest BCUT2D eigenvalue weighted by atomic mass is 9.92. The molecule has 2 atom stereocenters. The number of amides is 2. The van der Waals surface area contributed by atoms with Crippen LogP contribution in [0.4, 0.5) is 4.79 Å². The van der Waals surface area contributed by atoms with Crippen LogP contribution in [0.2, 0.25) is 5.02 Å². The maximum Gasteiger partial charge on any atom is 0.408 e. The average Bonchev–Trinajstić information content (AvgIpc) is 3.25. The fraction of sp³-hybridized carbons (Fsp3) is 0.519. The number of carbonyl (C=O) groups is 2. The van der Waals surface area contributed by atoms with Gasteiger partial charge in [-0.05, 0) is 64.2 Å². The number of benzene rings is 1. The minimum Gasteiger partial charge on any atom is -0.444 e. The number of fused-ring (bicyclic) bond motifs is 1. The first-order valence-electron chi connectivity index (χ1n) is 12.5. The minimum atomic E-state index is -0.671. The fourth-order valence-electron chi connectivity index (χ4n) is 4.63. The molecule has 1 fully saturated rings. The van der Waals surface area contributed by atoms with Crippen molar-refractivity contribution in [3.63, 3.8) is 0 Å². The molecule has 37 heavy (non-hydrogen) atoms. The maximum absolute atomic E-state index is 13.6. The number of alkyl carbamates (subject to hydrolysis) is 1. The van der Waals surface area contributed by atoms with Crippen LogP contribution in [0.3, 0.4) is 0 Å². The third-order valence-corrected chi connectivity index (χ3v) is 8.02. The van der Waals surface area contributed by atoms with Gasteiger partial charge in [-0.3, -0.25) is 9.59 Å². The standard InChI is InChI=1S/C27H34ClN3O5S/c1-16(18-9-11-35-12-10-18)29-24(32)20-14-31(13-17-5-7-19(28)8-6-17)25(33)22-21(15-37-23(20)22)30-26(34)36-27(2,3)4/h5-8,14,16,18,21H,9-13,15H2,1-4H3,(H,29,32)(H,30,34)/t16?,21-/m0/s1. The summed E-state index contributed by atoms with van der Waals surface area (Å²) in [6, 6.07) is 6.62. The SMILES string of the molecule is CC(NC(=O)c1cn(Cc2ccc(Cl)cc2)c(=O)c2c1SC[C@@H]2NC(=O)OC(C)(C)C)C1CCOCC1. The highest BCUT2D eigenvalue weighted by molar-refractivity contribution is 7.99. The largest absolute Gasteiger partial charge is 0.444 e. The summed E-state index contributed by atoms with van der Waals surface area (Å²) in [5.74, 6) is 0.537. The summed E-state index contributed by atoms with van der Waals surface area (Å²) in [5.41, 5.74) is 0.799. The third kappa shape index (κ3) is 6.89. The number of rotatable bonds is 6. The van der Waals surface area contributed by atoms with Crippen molar-refractivity contribution >= 4 is 35.4 Å². The van der Waals surface area contributed by atoms with E-state index in [0.29, 0.717) is 45.9 Å². The Balaban J connectivity index is 1.66. The van der Waals surface area contributed by atoms with Gasteiger partial charge in [-0.15, -0.1) is 11.8 Å². The molecular weight excluding hydrogens is 514 g/mol. The Morgan fingerprint density at radius 2 is 1.89 bits per heavy atom. The molecule has 200 valence electrons. The summed E-state index contributed by atoms with van der Waals surface area (Å²) in [6.45, 7) is 9.02. The molecule has 1 aromatic heterocycles. The molecule has 1 aromatic carbocycles. The van der Waals surface area contributed by atoms with Gasteiger partial charge in [-0.2, -0.15) is 0 Å². The van der Waals surface area contributed by atoms with Gasteiger partial charge in [0.05, 0.1) is 23.7 Å². The van der Waals surface area contributed by atoms with Gasteiger partial charge >= 0.3 is 6.09 Å². The Morgan fingerprint density at radius 3 is 2.54 bits per heavy atom. The van der Waals surface area contributed by atoms with Crippen molar-refractivity contribution in [1.29, 1.82) is 0 Å². The molecule has 4 rings (SSSR count). The van der Waals surface area contributed by atoms with E-state index in [2.05, 4.69) is 10.6 Å². The zero-order valence-corrected chi connectivity index (χ0v) is 23.2. The van der Waals surface area contributed by atoms with Crippen LogP contribution < -0.4 is 16.2 Å². The van der Waals surface area contributed by atoms with Crippen LogP contribution in [0.25, 0.3) is 0 Å². The summed E-state index contributed by atoms with van der Waals surface area (Å²) in [7, 11) is 0. The normalized spacial score (nSPS) is 18.7. The lowest BCUT2D eigenvalue weighted by Gasteiger charge is -2.28. The molecule has 0 bridgehead atoms. The van der Waals surface area contributed by atoms with Crippen molar-refractivity contribution in [2.45, 2.75) is 69.7 Å². The Morgan fingerprint density at radius 1 is 1.22 bits per heavy atom. The average molecular weight is 548 g/mol. The summed E-state index contributed by atoms with van der Waals surface area (Å²) in [4.78, 5) is 40.3. The van der Waals surface area contributed by atoms with Crippen molar-refractivity contribution in [2.24, 2.45) is 5.92 Å². The molecule has 1 saturated heterocycles. The molecule has 2 aromatic rings. The second kappa shape index (κ2) is 11.5. The first-order chi connectivity index (χ1) is 17.5. The van der Waals surface area contributed by atoms with E-state index in [0.717, 1.165) is 18.4 Å². The highest BCUT2D eigenvalue weighted by atomic mass is 35.5. The molecule has 2 amide bonds. The zero-order valence-electron chi connectivity index (χ0n) is 21.6. The van der Waals surface area contributed by atoms with Gasteiger partial charge in [-0.1, -0.05) is 23.7 Å². The van der Waals surface area contributed by atoms with Gasteiger partial charge in [0.1, 0.15) is 5.60 Å². The van der Waals surface area contributed by atoms with E-state index < -0.39 is 17.7 Å². The van der Waals surface area contributed by atoms with E-state index in [4.69, 9.17) is 21.1 Å². The summed E-state index contributed by atoms with van der Waals surface area (Å²) < 4.78 is 12.4. The summed E-state index contributed by atoms with van der Waals surface area (Å²) in [6.07, 6.45) is 2.82. The molecule has 0 aliphatic carbocycles.